The first kappa shape index (κ1) is 14.8. The molecular formula is C12H14ClN3O4. The molecule has 0 amide bonds. The first-order valence-electron chi connectivity index (χ1n) is 5.82. The summed E-state index contributed by atoms with van der Waals surface area (Å²) in [5.74, 6) is 2.29. The molecule has 1 saturated heterocycles. The molecule has 108 valence electrons. The van der Waals surface area contributed by atoms with Gasteiger partial charge in [0, 0.05) is 5.69 Å². The molecule has 0 aliphatic carbocycles. The van der Waals surface area contributed by atoms with Crippen molar-refractivity contribution in [3.05, 3.63) is 22.2 Å². The van der Waals surface area contributed by atoms with Gasteiger partial charge in [-0.3, -0.25) is 4.57 Å². The van der Waals surface area contributed by atoms with Gasteiger partial charge in [-0.25, -0.2) is 4.79 Å². The first-order valence-corrected chi connectivity index (χ1v) is 6.19. The van der Waals surface area contributed by atoms with Crippen LogP contribution in [0, 0.1) is 19.3 Å². The molecule has 0 radical (unpaired) electrons. The molecule has 2 heterocycles. The number of anilines is 1. The zero-order chi connectivity index (χ0) is 15.1. The summed E-state index contributed by atoms with van der Waals surface area (Å²) in [6.45, 7) is 1.12. The van der Waals surface area contributed by atoms with Gasteiger partial charge in [-0.1, -0.05) is 17.5 Å². The second-order valence-corrected chi connectivity index (χ2v) is 5.17. The van der Waals surface area contributed by atoms with Gasteiger partial charge in [0.2, 0.25) is 0 Å². The summed E-state index contributed by atoms with van der Waals surface area (Å²) < 4.78 is 6.54. The van der Waals surface area contributed by atoms with Gasteiger partial charge in [-0.15, -0.1) is 6.42 Å². The molecule has 4 atom stereocenters. The molecule has 0 bridgehead atoms. The summed E-state index contributed by atoms with van der Waals surface area (Å²) in [4.78, 5) is 13.9. The van der Waals surface area contributed by atoms with Crippen molar-refractivity contribution in [2.24, 2.45) is 0 Å². The summed E-state index contributed by atoms with van der Waals surface area (Å²) in [7, 11) is 0. The van der Waals surface area contributed by atoms with Crippen LogP contribution in [-0.4, -0.2) is 43.5 Å². The number of ether oxygens (including phenoxy) is 1. The molecule has 8 heteroatoms. The Bertz CT molecular complexity index is 626. The van der Waals surface area contributed by atoms with Crippen molar-refractivity contribution in [3.63, 3.8) is 0 Å². The van der Waals surface area contributed by atoms with Crippen molar-refractivity contribution in [2.45, 2.75) is 30.2 Å². The van der Waals surface area contributed by atoms with Crippen molar-refractivity contribution in [1.29, 1.82) is 0 Å². The maximum absolute atomic E-state index is 12.0. The molecule has 1 aromatic heterocycles. The van der Waals surface area contributed by atoms with Crippen molar-refractivity contribution in [3.8, 4) is 12.3 Å². The molecule has 1 unspecified atom stereocenters. The van der Waals surface area contributed by atoms with E-state index < -0.39 is 35.6 Å². The highest BCUT2D eigenvalue weighted by atomic mass is 35.5. The van der Waals surface area contributed by atoms with Gasteiger partial charge in [0.1, 0.15) is 18.0 Å². The Morgan fingerprint density at radius 2 is 2.40 bits per heavy atom. The summed E-state index contributed by atoms with van der Waals surface area (Å²) in [6, 6.07) is 1.46. The Balaban J connectivity index is 2.58. The van der Waals surface area contributed by atoms with E-state index in [2.05, 4.69) is 10.9 Å². The van der Waals surface area contributed by atoms with Crippen LogP contribution in [0.25, 0.3) is 0 Å². The molecule has 7 nitrogen and oxygen atoms in total. The van der Waals surface area contributed by atoms with Crippen LogP contribution < -0.4 is 11.4 Å². The van der Waals surface area contributed by atoms with E-state index in [1.54, 1.807) is 6.92 Å². The topological polar surface area (TPSA) is 111 Å². The van der Waals surface area contributed by atoms with E-state index in [4.69, 9.17) is 28.5 Å². The minimum Gasteiger partial charge on any atom is -0.394 e. The number of aliphatic hydroxyl groups excluding tert-OH is 2. The van der Waals surface area contributed by atoms with Gasteiger partial charge < -0.3 is 20.7 Å². The number of aromatic nitrogens is 2. The van der Waals surface area contributed by atoms with Crippen LogP contribution in [-0.2, 0) is 4.74 Å². The van der Waals surface area contributed by atoms with E-state index in [0.717, 1.165) is 4.57 Å². The van der Waals surface area contributed by atoms with Crippen LogP contribution in [0.4, 0.5) is 5.82 Å². The SMILES string of the molecule is C#CC1(Cl)[C@@H](O)[C@@H](CO)O[C@H]1n1c(C)cc(N)nc1=O. The molecule has 1 aliphatic rings. The molecule has 20 heavy (non-hydrogen) atoms. The summed E-state index contributed by atoms with van der Waals surface area (Å²) >= 11 is 6.22. The lowest BCUT2D eigenvalue weighted by Crippen LogP contribution is -2.44. The zero-order valence-electron chi connectivity index (χ0n) is 10.7. The van der Waals surface area contributed by atoms with Gasteiger partial charge >= 0.3 is 5.69 Å². The molecule has 1 aliphatic heterocycles. The summed E-state index contributed by atoms with van der Waals surface area (Å²) in [5, 5.41) is 19.2. The smallest absolute Gasteiger partial charge is 0.351 e. The summed E-state index contributed by atoms with van der Waals surface area (Å²) in [5.41, 5.74) is 5.21. The lowest BCUT2D eigenvalue weighted by Gasteiger charge is -2.26. The Morgan fingerprint density at radius 1 is 1.75 bits per heavy atom. The van der Waals surface area contributed by atoms with E-state index in [0.29, 0.717) is 5.69 Å². The molecule has 0 aromatic carbocycles. The second-order valence-electron chi connectivity index (χ2n) is 4.54. The number of nitrogens with zero attached hydrogens (tertiary/aromatic N) is 2. The van der Waals surface area contributed by atoms with Crippen LogP contribution in [0.1, 0.15) is 11.9 Å². The van der Waals surface area contributed by atoms with Crippen molar-refractivity contribution >= 4 is 17.4 Å². The normalized spacial score (nSPS) is 33.0. The van der Waals surface area contributed by atoms with Crippen LogP contribution in [0.5, 0.6) is 0 Å². The van der Waals surface area contributed by atoms with E-state index in [1.807, 2.05) is 0 Å². The number of hydrogen-bond acceptors (Lipinski definition) is 6. The highest BCUT2D eigenvalue weighted by molar-refractivity contribution is 6.27. The molecule has 2 rings (SSSR count). The predicted octanol–water partition coefficient (Wildman–Crippen LogP) is -1.00. The summed E-state index contributed by atoms with van der Waals surface area (Å²) in [6.07, 6.45) is 1.90. The fourth-order valence-electron chi connectivity index (χ4n) is 2.22. The molecule has 4 N–H and O–H groups in total. The molecule has 1 fully saturated rings. The fourth-order valence-corrected chi connectivity index (χ4v) is 2.51. The van der Waals surface area contributed by atoms with Gasteiger partial charge in [0.05, 0.1) is 6.61 Å². The molecular weight excluding hydrogens is 286 g/mol. The lowest BCUT2D eigenvalue weighted by atomic mass is 9.99. The Labute approximate surface area is 120 Å². The lowest BCUT2D eigenvalue weighted by molar-refractivity contribution is -0.0470. The number of halogens is 1. The largest absolute Gasteiger partial charge is 0.394 e. The van der Waals surface area contributed by atoms with Gasteiger partial charge in [0.15, 0.2) is 11.1 Å². The van der Waals surface area contributed by atoms with E-state index in [9.17, 15) is 15.0 Å². The maximum atomic E-state index is 12.0. The number of terminal acetylenes is 1. The average Bonchev–Trinajstić information content (AvgIpc) is 2.63. The number of rotatable bonds is 2. The third-order valence-electron chi connectivity index (χ3n) is 3.25. The molecule has 0 saturated carbocycles. The molecule has 1 aromatic rings. The van der Waals surface area contributed by atoms with Crippen LogP contribution in [0.3, 0.4) is 0 Å². The Hall–Kier alpha value is -1.59. The number of nitrogens with two attached hydrogens (primary N) is 1. The molecule has 0 spiro atoms. The second kappa shape index (κ2) is 5.07. The monoisotopic (exact) mass is 299 g/mol. The van der Waals surface area contributed by atoms with Crippen molar-refractivity contribution in [1.82, 2.24) is 9.55 Å². The minimum atomic E-state index is -1.68. The van der Waals surface area contributed by atoms with Crippen LogP contribution in [0.15, 0.2) is 10.9 Å². The van der Waals surface area contributed by atoms with Crippen LogP contribution >= 0.6 is 11.6 Å². The van der Waals surface area contributed by atoms with E-state index in [1.165, 1.54) is 6.07 Å². The van der Waals surface area contributed by atoms with Crippen molar-refractivity contribution in [2.75, 3.05) is 12.3 Å². The predicted molar refractivity (Wildman–Crippen MR) is 72.1 cm³/mol. The minimum absolute atomic E-state index is 0.0573. The quantitative estimate of drug-likeness (QED) is 0.477. The highest BCUT2D eigenvalue weighted by Crippen LogP contribution is 2.42. The maximum Gasteiger partial charge on any atom is 0.351 e. The fraction of sp³-hybridized carbons (Fsp3) is 0.500. The number of hydrogen-bond donors (Lipinski definition) is 3. The van der Waals surface area contributed by atoms with Gasteiger partial charge in [-0.2, -0.15) is 4.98 Å². The van der Waals surface area contributed by atoms with Crippen LogP contribution in [0.2, 0.25) is 0 Å². The Kier molecular flexibility index (Phi) is 3.75. The number of aryl methyl sites for hydroxylation is 1. The zero-order valence-corrected chi connectivity index (χ0v) is 11.4. The highest BCUT2D eigenvalue weighted by Gasteiger charge is 2.55. The van der Waals surface area contributed by atoms with E-state index in [-0.39, 0.29) is 5.82 Å². The van der Waals surface area contributed by atoms with Gasteiger partial charge in [0.25, 0.3) is 0 Å². The van der Waals surface area contributed by atoms with Gasteiger partial charge in [-0.05, 0) is 13.0 Å². The number of nitrogen functional groups attached to an aromatic ring is 1. The van der Waals surface area contributed by atoms with Crippen molar-refractivity contribution < 1.29 is 14.9 Å². The Morgan fingerprint density at radius 3 is 2.90 bits per heavy atom. The first-order chi connectivity index (χ1) is 9.35. The number of aliphatic hydroxyl groups is 2. The standard InChI is InChI=1S/C12H14ClN3O4/c1-3-12(13)9(18)7(5-17)20-10(12)16-6(2)4-8(14)15-11(16)19/h1,4,7,9-10,17-18H,5H2,2H3,(H2,14,15,19)/t7-,9+,10-,12?/m1/s1. The average molecular weight is 300 g/mol. The number of alkyl halides is 1. The van der Waals surface area contributed by atoms with E-state index >= 15 is 0 Å². The third-order valence-corrected chi connectivity index (χ3v) is 3.77. The third kappa shape index (κ3) is 2.07.